The number of pyridine rings is 1. The van der Waals surface area contributed by atoms with Gasteiger partial charge in [0.25, 0.3) is 5.91 Å². The van der Waals surface area contributed by atoms with E-state index in [0.29, 0.717) is 31.1 Å². The number of ether oxygens (including phenoxy) is 2. The third-order valence-electron chi connectivity index (χ3n) is 4.16. The summed E-state index contributed by atoms with van der Waals surface area (Å²) in [6.45, 7) is 4.25. The van der Waals surface area contributed by atoms with Crippen LogP contribution in [0.4, 0.5) is 0 Å². The second kappa shape index (κ2) is 6.96. The molecule has 2 aromatic heterocycles. The zero-order chi connectivity index (χ0) is 17.1. The van der Waals surface area contributed by atoms with Crippen molar-refractivity contribution in [3.05, 3.63) is 35.3 Å². The minimum Gasteiger partial charge on any atom is -0.480 e. The predicted octanol–water partition coefficient (Wildman–Crippen LogP) is 1.09. The van der Waals surface area contributed by atoms with E-state index in [1.165, 1.54) is 7.11 Å². The van der Waals surface area contributed by atoms with Gasteiger partial charge in [0.1, 0.15) is 11.3 Å². The molecule has 24 heavy (non-hydrogen) atoms. The number of methoxy groups -OCH3 is 2. The number of carbonyl (C=O) groups excluding carboxylic acids is 1. The van der Waals surface area contributed by atoms with Crippen LogP contribution in [-0.2, 0) is 17.8 Å². The Bertz CT molecular complexity index is 730. The Hall–Kier alpha value is -2.48. The van der Waals surface area contributed by atoms with Crippen molar-refractivity contribution in [2.75, 3.05) is 27.4 Å². The average Bonchev–Trinajstić information content (AvgIpc) is 3.04. The van der Waals surface area contributed by atoms with Crippen LogP contribution in [-0.4, -0.2) is 58.2 Å². The second-order valence-corrected chi connectivity index (χ2v) is 5.64. The molecular formula is C16H21N5O3. The van der Waals surface area contributed by atoms with Crippen LogP contribution in [0.15, 0.2) is 18.3 Å². The van der Waals surface area contributed by atoms with E-state index in [1.54, 1.807) is 30.3 Å². The number of hydrogen-bond acceptors (Lipinski definition) is 6. The van der Waals surface area contributed by atoms with Crippen molar-refractivity contribution >= 4 is 5.91 Å². The van der Waals surface area contributed by atoms with E-state index < -0.39 is 0 Å². The van der Waals surface area contributed by atoms with E-state index in [-0.39, 0.29) is 11.8 Å². The van der Waals surface area contributed by atoms with Gasteiger partial charge in [-0.25, -0.2) is 9.67 Å². The Morgan fingerprint density at radius 2 is 2.25 bits per heavy atom. The maximum atomic E-state index is 12.9. The Balaban J connectivity index is 1.91. The van der Waals surface area contributed by atoms with Gasteiger partial charge in [0.2, 0.25) is 5.88 Å². The molecule has 2 aromatic rings. The summed E-state index contributed by atoms with van der Waals surface area (Å²) in [7, 11) is 3.17. The fourth-order valence-electron chi connectivity index (χ4n) is 3.12. The van der Waals surface area contributed by atoms with E-state index in [2.05, 4.69) is 15.3 Å². The molecule has 0 saturated heterocycles. The van der Waals surface area contributed by atoms with Crippen molar-refractivity contribution in [3.8, 4) is 5.88 Å². The number of rotatable bonds is 5. The Morgan fingerprint density at radius 1 is 1.42 bits per heavy atom. The molecule has 3 rings (SSSR count). The molecule has 128 valence electrons. The van der Waals surface area contributed by atoms with E-state index in [1.807, 2.05) is 11.6 Å². The molecule has 1 atom stereocenters. The first-order chi connectivity index (χ1) is 11.7. The Labute approximate surface area is 140 Å². The number of aryl methyl sites for hydroxylation is 1. The van der Waals surface area contributed by atoms with Gasteiger partial charge in [-0.15, -0.1) is 5.10 Å². The van der Waals surface area contributed by atoms with Gasteiger partial charge < -0.3 is 14.4 Å². The smallest absolute Gasteiger partial charge is 0.259 e. The molecule has 0 saturated carbocycles. The minimum absolute atomic E-state index is 0.0420. The van der Waals surface area contributed by atoms with Crippen LogP contribution in [0.3, 0.4) is 0 Å². The Morgan fingerprint density at radius 3 is 2.96 bits per heavy atom. The molecule has 0 bridgehead atoms. The maximum Gasteiger partial charge on any atom is 0.259 e. The van der Waals surface area contributed by atoms with Crippen LogP contribution >= 0.6 is 0 Å². The molecule has 1 unspecified atom stereocenters. The summed E-state index contributed by atoms with van der Waals surface area (Å²) in [5.74, 6) is 0.242. The highest BCUT2D eigenvalue weighted by molar-refractivity contribution is 5.96. The van der Waals surface area contributed by atoms with Crippen LogP contribution in [0, 0.1) is 0 Å². The summed E-state index contributed by atoms with van der Waals surface area (Å²) in [5, 5.41) is 8.43. The third kappa shape index (κ3) is 2.84. The zero-order valence-corrected chi connectivity index (χ0v) is 14.1. The van der Waals surface area contributed by atoms with Crippen molar-refractivity contribution in [2.24, 2.45) is 0 Å². The lowest BCUT2D eigenvalue weighted by Gasteiger charge is -2.32. The summed E-state index contributed by atoms with van der Waals surface area (Å²) in [4.78, 5) is 18.8. The lowest BCUT2D eigenvalue weighted by Crippen LogP contribution is -2.40. The van der Waals surface area contributed by atoms with Crippen LogP contribution in [0.25, 0.3) is 0 Å². The molecule has 8 nitrogen and oxygen atoms in total. The van der Waals surface area contributed by atoms with Crippen molar-refractivity contribution in [1.82, 2.24) is 24.9 Å². The van der Waals surface area contributed by atoms with Crippen molar-refractivity contribution in [1.29, 1.82) is 0 Å². The number of amides is 1. The van der Waals surface area contributed by atoms with E-state index in [9.17, 15) is 4.79 Å². The van der Waals surface area contributed by atoms with Gasteiger partial charge in [-0.1, -0.05) is 5.21 Å². The highest BCUT2D eigenvalue weighted by Gasteiger charge is 2.34. The molecular weight excluding hydrogens is 310 g/mol. The van der Waals surface area contributed by atoms with Crippen LogP contribution in [0.1, 0.15) is 34.6 Å². The molecule has 1 amide bonds. The van der Waals surface area contributed by atoms with Crippen LogP contribution < -0.4 is 4.74 Å². The van der Waals surface area contributed by atoms with Crippen LogP contribution in [0.2, 0.25) is 0 Å². The molecule has 0 spiro atoms. The molecule has 0 fully saturated rings. The number of aromatic nitrogens is 4. The molecule has 1 aliphatic heterocycles. The maximum absolute atomic E-state index is 12.9. The number of fused-ring (bicyclic) bond motifs is 1. The van der Waals surface area contributed by atoms with E-state index >= 15 is 0 Å². The zero-order valence-electron chi connectivity index (χ0n) is 14.1. The number of carbonyl (C=O) groups is 1. The Kier molecular flexibility index (Phi) is 4.75. The molecule has 8 heteroatoms. The van der Waals surface area contributed by atoms with Crippen molar-refractivity contribution < 1.29 is 14.3 Å². The second-order valence-electron chi connectivity index (χ2n) is 5.64. The lowest BCUT2D eigenvalue weighted by molar-refractivity contribution is 0.0668. The highest BCUT2D eigenvalue weighted by Crippen LogP contribution is 2.29. The molecule has 0 N–H and O–H groups in total. The fourth-order valence-corrected chi connectivity index (χ4v) is 3.12. The monoisotopic (exact) mass is 331 g/mol. The molecule has 0 aliphatic carbocycles. The fraction of sp³-hybridized carbons (Fsp3) is 0.500. The summed E-state index contributed by atoms with van der Waals surface area (Å²) < 4.78 is 12.4. The van der Waals surface area contributed by atoms with Crippen LogP contribution in [0.5, 0.6) is 5.88 Å². The third-order valence-corrected chi connectivity index (χ3v) is 4.16. The number of hydrogen-bond donors (Lipinski definition) is 0. The minimum atomic E-state index is -0.127. The van der Waals surface area contributed by atoms with Gasteiger partial charge in [0, 0.05) is 32.3 Å². The normalized spacial score (nSPS) is 16.8. The first kappa shape index (κ1) is 16.4. The van der Waals surface area contributed by atoms with Gasteiger partial charge in [-0.3, -0.25) is 4.79 Å². The summed E-state index contributed by atoms with van der Waals surface area (Å²) in [6, 6.07) is 3.45. The molecule has 1 aliphatic rings. The first-order valence-electron chi connectivity index (χ1n) is 7.89. The topological polar surface area (TPSA) is 82.4 Å². The number of nitrogens with zero attached hydrogens (tertiary/aromatic N) is 5. The predicted molar refractivity (Wildman–Crippen MR) is 85.8 cm³/mol. The SMILES string of the molecule is CCn1nnc2c1C(COC)CN(C(=O)c1cccnc1OC)C2. The largest absolute Gasteiger partial charge is 0.480 e. The summed E-state index contributed by atoms with van der Waals surface area (Å²) in [5.41, 5.74) is 2.32. The molecule has 0 radical (unpaired) electrons. The lowest BCUT2D eigenvalue weighted by atomic mass is 9.98. The standard InChI is InChI=1S/C16H21N5O3/c1-4-21-14-11(10-23-2)8-20(9-13(14)18-19-21)16(22)12-6-5-7-17-15(12)24-3/h5-7,11H,4,8-10H2,1-3H3. The van der Waals surface area contributed by atoms with Gasteiger partial charge >= 0.3 is 0 Å². The quantitative estimate of drug-likeness (QED) is 0.815. The van der Waals surface area contributed by atoms with E-state index in [4.69, 9.17) is 9.47 Å². The van der Waals surface area contributed by atoms with Gasteiger partial charge in [0.15, 0.2) is 0 Å². The van der Waals surface area contributed by atoms with Gasteiger partial charge in [-0.05, 0) is 19.1 Å². The van der Waals surface area contributed by atoms with E-state index in [0.717, 1.165) is 17.9 Å². The molecule has 3 heterocycles. The molecule has 0 aromatic carbocycles. The average molecular weight is 331 g/mol. The van der Waals surface area contributed by atoms with Crippen molar-refractivity contribution in [2.45, 2.75) is 25.9 Å². The summed E-state index contributed by atoms with van der Waals surface area (Å²) in [6.07, 6.45) is 1.60. The van der Waals surface area contributed by atoms with Gasteiger partial charge in [-0.2, -0.15) is 0 Å². The highest BCUT2D eigenvalue weighted by atomic mass is 16.5. The van der Waals surface area contributed by atoms with Crippen molar-refractivity contribution in [3.63, 3.8) is 0 Å². The van der Waals surface area contributed by atoms with Gasteiger partial charge in [0.05, 0.1) is 26.0 Å². The summed E-state index contributed by atoms with van der Waals surface area (Å²) >= 11 is 0. The first-order valence-corrected chi connectivity index (χ1v) is 7.89.